The first-order valence-corrected chi connectivity index (χ1v) is 9.48. The molecule has 0 unspecified atom stereocenters. The molecule has 0 aromatic heterocycles. The Balaban J connectivity index is 0.000000223. The van der Waals surface area contributed by atoms with Crippen LogP contribution in [0.2, 0.25) is 0 Å². The Bertz CT molecular complexity index is 887. The quantitative estimate of drug-likeness (QED) is 0.614. The Kier molecular flexibility index (Phi) is 7.71. The minimum absolute atomic E-state index is 0.0000926. The van der Waals surface area contributed by atoms with Gasteiger partial charge in [-0.1, -0.05) is 61.9 Å². The van der Waals surface area contributed by atoms with E-state index in [1.807, 2.05) is 43.3 Å². The summed E-state index contributed by atoms with van der Waals surface area (Å²) in [4.78, 5) is 31.8. The Morgan fingerprint density at radius 1 is 0.966 bits per heavy atom. The number of aliphatic carboxylic acids is 2. The zero-order valence-corrected chi connectivity index (χ0v) is 16.3. The maximum atomic E-state index is 11.0. The van der Waals surface area contributed by atoms with E-state index in [4.69, 9.17) is 15.9 Å². The smallest absolute Gasteiger partial charge is 0.331 e. The Labute approximate surface area is 169 Å². The summed E-state index contributed by atoms with van der Waals surface area (Å²) in [5.41, 5.74) is 9.53. The molecular formula is C23H25NO5. The van der Waals surface area contributed by atoms with Gasteiger partial charge in [0.25, 0.3) is 0 Å². The van der Waals surface area contributed by atoms with Crippen LogP contribution in [0.5, 0.6) is 0 Å². The van der Waals surface area contributed by atoms with Crippen molar-refractivity contribution in [3.05, 3.63) is 71.3 Å². The van der Waals surface area contributed by atoms with Crippen LogP contribution in [0, 0.1) is 0 Å². The predicted molar refractivity (Wildman–Crippen MR) is 110 cm³/mol. The van der Waals surface area contributed by atoms with Crippen molar-refractivity contribution in [2.24, 2.45) is 5.73 Å². The fraction of sp³-hybridized carbons (Fsp3) is 0.261. The van der Waals surface area contributed by atoms with Crippen LogP contribution in [0.15, 0.2) is 60.2 Å². The molecule has 0 atom stereocenters. The van der Waals surface area contributed by atoms with Gasteiger partial charge in [-0.3, -0.25) is 9.59 Å². The number of primary amides is 1. The first-order chi connectivity index (χ1) is 13.8. The van der Waals surface area contributed by atoms with Crippen molar-refractivity contribution in [1.82, 2.24) is 0 Å². The number of rotatable bonds is 7. The largest absolute Gasteiger partial charge is 0.481 e. The lowest BCUT2D eigenvalue weighted by Gasteiger charge is -2.10. The number of carboxylic acid groups (broad SMARTS) is 2. The van der Waals surface area contributed by atoms with Gasteiger partial charge in [-0.15, -0.1) is 0 Å². The number of unbranched alkanes of at least 4 members (excludes halogenated alkanes) is 1. The van der Waals surface area contributed by atoms with Crippen LogP contribution in [-0.4, -0.2) is 28.1 Å². The Morgan fingerprint density at radius 2 is 1.48 bits per heavy atom. The van der Waals surface area contributed by atoms with E-state index in [2.05, 4.69) is 12.1 Å². The number of fused-ring (bicyclic) bond motifs is 3. The molecule has 0 bridgehead atoms. The van der Waals surface area contributed by atoms with Gasteiger partial charge in [-0.05, 0) is 35.1 Å². The monoisotopic (exact) mass is 395 g/mol. The molecule has 0 heterocycles. The van der Waals surface area contributed by atoms with Crippen LogP contribution < -0.4 is 5.73 Å². The van der Waals surface area contributed by atoms with Gasteiger partial charge in [0.05, 0.1) is 6.42 Å². The molecule has 152 valence electrons. The van der Waals surface area contributed by atoms with Crippen LogP contribution in [0.3, 0.4) is 0 Å². The van der Waals surface area contributed by atoms with E-state index in [9.17, 15) is 14.4 Å². The molecule has 1 amide bonds. The SMILES string of the molecule is CCCCC(=CC(N)=O)C(=O)O.O=C(O)CC1c2ccccc2-c2ccccc21. The van der Waals surface area contributed by atoms with Crippen LogP contribution >= 0.6 is 0 Å². The van der Waals surface area contributed by atoms with E-state index in [1.54, 1.807) is 0 Å². The molecule has 0 radical (unpaired) electrons. The molecule has 29 heavy (non-hydrogen) atoms. The van der Waals surface area contributed by atoms with Gasteiger partial charge in [0, 0.05) is 17.6 Å². The van der Waals surface area contributed by atoms with Crippen LogP contribution in [-0.2, 0) is 14.4 Å². The standard InChI is InChI=1S/C15H12O2.C8H13NO3/c16-15(17)9-14-12-7-3-1-5-10(12)11-6-2-4-8-13(11)14;1-2-3-4-6(8(11)12)5-7(9)10/h1-8,14H,9H2,(H,16,17);5H,2-4H2,1H3,(H2,9,10)(H,11,12). The lowest BCUT2D eigenvalue weighted by Crippen LogP contribution is -2.11. The number of nitrogens with two attached hydrogens (primary N) is 1. The minimum Gasteiger partial charge on any atom is -0.481 e. The van der Waals surface area contributed by atoms with Crippen LogP contribution in [0.4, 0.5) is 0 Å². The lowest BCUT2D eigenvalue weighted by molar-refractivity contribution is -0.137. The summed E-state index contributed by atoms with van der Waals surface area (Å²) < 4.78 is 0. The van der Waals surface area contributed by atoms with Crippen molar-refractivity contribution < 1.29 is 24.6 Å². The van der Waals surface area contributed by atoms with Crippen molar-refractivity contribution in [2.75, 3.05) is 0 Å². The maximum absolute atomic E-state index is 11.0. The Hall–Kier alpha value is -3.41. The van der Waals surface area contributed by atoms with Gasteiger partial charge >= 0.3 is 11.9 Å². The Morgan fingerprint density at radius 3 is 1.90 bits per heavy atom. The summed E-state index contributed by atoms with van der Waals surface area (Å²) in [5.74, 6) is -2.52. The van der Waals surface area contributed by atoms with E-state index in [1.165, 1.54) is 11.1 Å². The maximum Gasteiger partial charge on any atom is 0.331 e. The highest BCUT2D eigenvalue weighted by molar-refractivity contribution is 5.96. The summed E-state index contributed by atoms with van der Waals surface area (Å²) in [6.45, 7) is 1.95. The van der Waals surface area contributed by atoms with Gasteiger partial charge in [0.15, 0.2) is 0 Å². The molecule has 1 aliphatic carbocycles. The third kappa shape index (κ3) is 5.78. The predicted octanol–water partition coefficient (Wildman–Crippen LogP) is 3.95. The average Bonchev–Trinajstić information content (AvgIpc) is 2.99. The molecular weight excluding hydrogens is 370 g/mol. The van der Waals surface area contributed by atoms with Crippen LogP contribution in [0.25, 0.3) is 11.1 Å². The van der Waals surface area contributed by atoms with Gasteiger partial charge in [0.1, 0.15) is 0 Å². The van der Waals surface area contributed by atoms with E-state index >= 15 is 0 Å². The fourth-order valence-corrected chi connectivity index (χ4v) is 3.43. The topological polar surface area (TPSA) is 118 Å². The number of amides is 1. The third-order valence-electron chi connectivity index (χ3n) is 4.73. The first kappa shape index (κ1) is 21.9. The highest BCUT2D eigenvalue weighted by Crippen LogP contribution is 2.45. The molecule has 0 saturated carbocycles. The van der Waals surface area contributed by atoms with Crippen molar-refractivity contribution in [2.45, 2.75) is 38.5 Å². The molecule has 4 N–H and O–H groups in total. The molecule has 6 nitrogen and oxygen atoms in total. The number of benzene rings is 2. The number of carbonyl (C=O) groups is 3. The minimum atomic E-state index is -1.07. The van der Waals surface area contributed by atoms with Crippen molar-refractivity contribution >= 4 is 17.8 Å². The summed E-state index contributed by atoms with van der Waals surface area (Å²) in [5, 5.41) is 17.6. The molecule has 6 heteroatoms. The molecule has 0 saturated heterocycles. The second-order valence-corrected chi connectivity index (χ2v) is 6.81. The second kappa shape index (κ2) is 10.2. The van der Waals surface area contributed by atoms with Crippen molar-refractivity contribution in [1.29, 1.82) is 0 Å². The zero-order valence-electron chi connectivity index (χ0n) is 16.3. The third-order valence-corrected chi connectivity index (χ3v) is 4.73. The van der Waals surface area contributed by atoms with Gasteiger partial charge in [-0.25, -0.2) is 4.79 Å². The van der Waals surface area contributed by atoms with Crippen LogP contribution in [0.1, 0.15) is 49.7 Å². The summed E-state index contributed by atoms with van der Waals surface area (Å²) in [6, 6.07) is 16.1. The summed E-state index contributed by atoms with van der Waals surface area (Å²) in [6.07, 6.45) is 3.18. The van der Waals surface area contributed by atoms with E-state index in [0.29, 0.717) is 6.42 Å². The van der Waals surface area contributed by atoms with Crippen molar-refractivity contribution in [3.8, 4) is 11.1 Å². The summed E-state index contributed by atoms with van der Waals surface area (Å²) in [7, 11) is 0. The van der Waals surface area contributed by atoms with E-state index in [-0.39, 0.29) is 17.9 Å². The lowest BCUT2D eigenvalue weighted by atomic mass is 9.94. The number of carboxylic acids is 2. The second-order valence-electron chi connectivity index (χ2n) is 6.81. The van der Waals surface area contributed by atoms with E-state index < -0.39 is 17.8 Å². The van der Waals surface area contributed by atoms with E-state index in [0.717, 1.165) is 30.0 Å². The normalized spacial score (nSPS) is 12.4. The molecule has 0 aliphatic heterocycles. The zero-order chi connectivity index (χ0) is 21.4. The highest BCUT2D eigenvalue weighted by Gasteiger charge is 2.29. The molecule has 2 aromatic rings. The molecule has 3 rings (SSSR count). The van der Waals surface area contributed by atoms with Gasteiger partial charge in [0.2, 0.25) is 5.91 Å². The fourth-order valence-electron chi connectivity index (χ4n) is 3.43. The summed E-state index contributed by atoms with van der Waals surface area (Å²) >= 11 is 0. The van der Waals surface area contributed by atoms with Gasteiger partial charge < -0.3 is 15.9 Å². The average molecular weight is 395 g/mol. The van der Waals surface area contributed by atoms with Gasteiger partial charge in [-0.2, -0.15) is 0 Å². The van der Waals surface area contributed by atoms with Crippen molar-refractivity contribution in [3.63, 3.8) is 0 Å². The number of carbonyl (C=O) groups excluding carboxylic acids is 1. The first-order valence-electron chi connectivity index (χ1n) is 9.48. The molecule has 2 aromatic carbocycles. The number of hydrogen-bond donors (Lipinski definition) is 3. The molecule has 1 aliphatic rings. The highest BCUT2D eigenvalue weighted by atomic mass is 16.4. The molecule has 0 spiro atoms. The molecule has 0 fully saturated rings. The number of hydrogen-bond acceptors (Lipinski definition) is 3.